The van der Waals surface area contributed by atoms with Gasteiger partial charge >= 0.3 is 5.97 Å². The Labute approximate surface area is 198 Å². The number of hydrogen-bond acceptors (Lipinski definition) is 7. The summed E-state index contributed by atoms with van der Waals surface area (Å²) >= 11 is 0. The third-order valence-corrected chi connectivity index (χ3v) is 4.39. The van der Waals surface area contributed by atoms with Gasteiger partial charge in [0.1, 0.15) is 0 Å². The normalized spacial score (nSPS) is 10.5. The number of carbonyl (C=O) groups is 2. The lowest BCUT2D eigenvalue weighted by Gasteiger charge is -2.11. The zero-order valence-electron chi connectivity index (χ0n) is 19.0. The average molecular weight is 463 g/mol. The van der Waals surface area contributed by atoms with Crippen molar-refractivity contribution in [2.45, 2.75) is 13.8 Å². The van der Waals surface area contributed by atoms with Crippen molar-refractivity contribution < 1.29 is 28.5 Å². The Morgan fingerprint density at radius 1 is 0.794 bits per heavy atom. The minimum Gasteiger partial charge on any atom is -0.490 e. The molecule has 0 aromatic heterocycles. The van der Waals surface area contributed by atoms with Gasteiger partial charge in [0.05, 0.1) is 25.0 Å². The van der Waals surface area contributed by atoms with Gasteiger partial charge in [0.2, 0.25) is 0 Å². The fourth-order valence-corrected chi connectivity index (χ4v) is 2.89. The highest BCUT2D eigenvalue weighted by Gasteiger charge is 2.13. The smallest absolute Gasteiger partial charge is 0.343 e. The van der Waals surface area contributed by atoms with Crippen LogP contribution in [0.1, 0.15) is 29.8 Å². The van der Waals surface area contributed by atoms with Gasteiger partial charge < -0.3 is 18.9 Å². The summed E-state index contributed by atoms with van der Waals surface area (Å²) < 4.78 is 22.1. The third kappa shape index (κ3) is 7.09. The van der Waals surface area contributed by atoms with Crippen LogP contribution in [0, 0.1) is 0 Å². The summed E-state index contributed by atoms with van der Waals surface area (Å²) in [5.74, 6) is 0.807. The van der Waals surface area contributed by atoms with E-state index in [-0.39, 0.29) is 6.61 Å². The molecule has 34 heavy (non-hydrogen) atoms. The lowest BCUT2D eigenvalue weighted by molar-refractivity contribution is -0.123. The van der Waals surface area contributed by atoms with Crippen molar-refractivity contribution in [2.24, 2.45) is 5.10 Å². The highest BCUT2D eigenvalue weighted by atomic mass is 16.6. The van der Waals surface area contributed by atoms with E-state index < -0.39 is 11.9 Å². The highest BCUT2D eigenvalue weighted by molar-refractivity contribution is 5.91. The van der Waals surface area contributed by atoms with E-state index in [0.717, 1.165) is 0 Å². The molecule has 0 atom stereocenters. The van der Waals surface area contributed by atoms with Crippen molar-refractivity contribution >= 4 is 18.1 Å². The van der Waals surface area contributed by atoms with Crippen molar-refractivity contribution in [1.82, 2.24) is 5.43 Å². The number of ether oxygens (including phenoxy) is 4. The quantitative estimate of drug-likeness (QED) is 0.198. The van der Waals surface area contributed by atoms with Crippen LogP contribution in [-0.4, -0.2) is 37.9 Å². The Morgan fingerprint density at radius 2 is 1.44 bits per heavy atom. The molecule has 1 amide bonds. The SMILES string of the molecule is CCOc1ccccc1OCC(=O)N/N=C\c1ccc(OC(=O)c2ccccc2)c(OCC)c1. The molecule has 3 aromatic carbocycles. The summed E-state index contributed by atoms with van der Waals surface area (Å²) in [7, 11) is 0. The van der Waals surface area contributed by atoms with Gasteiger partial charge in [0.25, 0.3) is 5.91 Å². The molecule has 0 fully saturated rings. The maximum Gasteiger partial charge on any atom is 0.343 e. The van der Waals surface area contributed by atoms with E-state index in [4.69, 9.17) is 18.9 Å². The molecule has 0 radical (unpaired) electrons. The van der Waals surface area contributed by atoms with Crippen LogP contribution < -0.4 is 24.4 Å². The highest BCUT2D eigenvalue weighted by Crippen LogP contribution is 2.29. The Balaban J connectivity index is 1.58. The second-order valence-electron chi connectivity index (χ2n) is 6.86. The van der Waals surface area contributed by atoms with Crippen LogP contribution in [0.5, 0.6) is 23.0 Å². The van der Waals surface area contributed by atoms with Crippen molar-refractivity contribution in [3.8, 4) is 23.0 Å². The molecule has 1 N–H and O–H groups in total. The zero-order valence-corrected chi connectivity index (χ0v) is 19.0. The van der Waals surface area contributed by atoms with Gasteiger partial charge in [-0.1, -0.05) is 30.3 Å². The summed E-state index contributed by atoms with van der Waals surface area (Å²) in [6.45, 7) is 4.35. The molecule has 3 rings (SSSR count). The zero-order chi connectivity index (χ0) is 24.2. The molecule has 176 valence electrons. The lowest BCUT2D eigenvalue weighted by atomic mass is 10.2. The molecule has 0 unspecified atom stereocenters. The summed E-state index contributed by atoms with van der Waals surface area (Å²) in [5.41, 5.74) is 3.49. The average Bonchev–Trinajstić information content (AvgIpc) is 2.86. The van der Waals surface area contributed by atoms with Crippen LogP contribution in [0.3, 0.4) is 0 Å². The van der Waals surface area contributed by atoms with E-state index in [1.165, 1.54) is 6.21 Å². The molecule has 0 saturated carbocycles. The Bertz CT molecular complexity index is 1130. The molecule has 0 bridgehead atoms. The standard InChI is InChI=1S/C26H26N2O6/c1-3-31-21-12-8-9-13-22(21)33-18-25(29)28-27-17-19-14-15-23(24(16-19)32-4-2)34-26(30)20-10-6-5-7-11-20/h5-17H,3-4,18H2,1-2H3,(H,28,29)/b27-17-. The predicted molar refractivity (Wildman–Crippen MR) is 128 cm³/mol. The summed E-state index contributed by atoms with van der Waals surface area (Å²) in [5, 5.41) is 3.95. The van der Waals surface area contributed by atoms with Gasteiger partial charge in [-0.15, -0.1) is 0 Å². The van der Waals surface area contributed by atoms with Crippen molar-refractivity contribution in [3.63, 3.8) is 0 Å². The first-order chi connectivity index (χ1) is 16.6. The van der Waals surface area contributed by atoms with E-state index in [9.17, 15) is 9.59 Å². The fraction of sp³-hybridized carbons (Fsp3) is 0.192. The molecule has 3 aromatic rings. The van der Waals surface area contributed by atoms with E-state index in [2.05, 4.69) is 10.5 Å². The van der Waals surface area contributed by atoms with Crippen LogP contribution in [-0.2, 0) is 4.79 Å². The number of hydrazone groups is 1. The van der Waals surface area contributed by atoms with Crippen molar-refractivity contribution in [2.75, 3.05) is 19.8 Å². The Morgan fingerprint density at radius 3 is 2.15 bits per heavy atom. The van der Waals surface area contributed by atoms with Gasteiger partial charge in [-0.25, -0.2) is 10.2 Å². The molecule has 8 nitrogen and oxygen atoms in total. The number of rotatable bonds is 11. The minimum absolute atomic E-state index is 0.222. The number of amides is 1. The third-order valence-electron chi connectivity index (χ3n) is 4.39. The van der Waals surface area contributed by atoms with Gasteiger partial charge in [-0.3, -0.25) is 4.79 Å². The number of hydrogen-bond donors (Lipinski definition) is 1. The summed E-state index contributed by atoms with van der Waals surface area (Å²) in [6, 6.07) is 20.8. The maximum atomic E-state index is 12.4. The predicted octanol–water partition coefficient (Wildman–Crippen LogP) is 4.23. The Hall–Kier alpha value is -4.33. The van der Waals surface area contributed by atoms with Crippen LogP contribution in [0.4, 0.5) is 0 Å². The molecule has 8 heteroatoms. The molecule has 0 aliphatic rings. The molecular weight excluding hydrogens is 436 g/mol. The number of carbonyl (C=O) groups excluding carboxylic acids is 2. The minimum atomic E-state index is -0.485. The number of para-hydroxylation sites is 2. The molecule has 0 heterocycles. The number of benzene rings is 3. The number of nitrogens with zero attached hydrogens (tertiary/aromatic N) is 1. The largest absolute Gasteiger partial charge is 0.490 e. The molecule has 0 aliphatic heterocycles. The van der Waals surface area contributed by atoms with Crippen LogP contribution in [0.2, 0.25) is 0 Å². The second-order valence-corrected chi connectivity index (χ2v) is 6.86. The Kier molecular flexibility index (Phi) is 9.04. The van der Waals surface area contributed by atoms with Crippen molar-refractivity contribution in [3.05, 3.63) is 83.9 Å². The maximum absolute atomic E-state index is 12.4. The first-order valence-corrected chi connectivity index (χ1v) is 10.8. The van der Waals surface area contributed by atoms with Crippen LogP contribution >= 0.6 is 0 Å². The number of nitrogens with one attached hydrogen (secondary N) is 1. The van der Waals surface area contributed by atoms with Gasteiger partial charge in [-0.2, -0.15) is 5.10 Å². The molecule has 0 saturated heterocycles. The van der Waals surface area contributed by atoms with Gasteiger partial charge in [0.15, 0.2) is 29.6 Å². The van der Waals surface area contributed by atoms with E-state index in [1.807, 2.05) is 26.0 Å². The van der Waals surface area contributed by atoms with E-state index in [1.54, 1.807) is 60.7 Å². The first kappa shape index (κ1) is 24.3. The van der Waals surface area contributed by atoms with Crippen LogP contribution in [0.15, 0.2) is 77.9 Å². The first-order valence-electron chi connectivity index (χ1n) is 10.8. The molecular formula is C26H26N2O6. The fourth-order valence-electron chi connectivity index (χ4n) is 2.89. The van der Waals surface area contributed by atoms with Crippen LogP contribution in [0.25, 0.3) is 0 Å². The monoisotopic (exact) mass is 462 g/mol. The lowest BCUT2D eigenvalue weighted by Crippen LogP contribution is -2.24. The molecule has 0 spiro atoms. The van der Waals surface area contributed by atoms with Crippen molar-refractivity contribution in [1.29, 1.82) is 0 Å². The van der Waals surface area contributed by atoms with Gasteiger partial charge in [-0.05, 0) is 61.9 Å². The number of esters is 1. The summed E-state index contributed by atoms with van der Waals surface area (Å²) in [4.78, 5) is 24.4. The topological polar surface area (TPSA) is 95.5 Å². The molecule has 0 aliphatic carbocycles. The summed E-state index contributed by atoms with van der Waals surface area (Å²) in [6.07, 6.45) is 1.46. The second kappa shape index (κ2) is 12.6. The van der Waals surface area contributed by atoms with Gasteiger partial charge in [0, 0.05) is 0 Å². The van der Waals surface area contributed by atoms with E-state index in [0.29, 0.717) is 47.3 Å². The van der Waals surface area contributed by atoms with E-state index >= 15 is 0 Å².